The van der Waals surface area contributed by atoms with Crippen LogP contribution in [0.25, 0.3) is 0 Å². The second-order valence-corrected chi connectivity index (χ2v) is 5.60. The molecule has 98 valence electrons. The van der Waals surface area contributed by atoms with E-state index in [-0.39, 0.29) is 11.9 Å². The number of nitrogens with one attached hydrogen (secondary N) is 1. The molecule has 0 aromatic carbocycles. The average molecular weight is 239 g/mol. The van der Waals surface area contributed by atoms with Crippen molar-refractivity contribution in [3.05, 3.63) is 0 Å². The summed E-state index contributed by atoms with van der Waals surface area (Å²) in [5.41, 5.74) is 0. The summed E-state index contributed by atoms with van der Waals surface area (Å²) in [5.74, 6) is 1.07. The minimum Gasteiger partial charge on any atom is -0.347 e. The first-order chi connectivity index (χ1) is 8.18. The first-order valence-electron chi connectivity index (χ1n) is 6.84. The Morgan fingerprint density at radius 3 is 2.71 bits per heavy atom. The van der Waals surface area contributed by atoms with E-state index in [1.54, 1.807) is 4.90 Å². The molecule has 2 aliphatic rings. The first-order valence-corrected chi connectivity index (χ1v) is 6.84. The number of rotatable bonds is 3. The second kappa shape index (κ2) is 5.83. The van der Waals surface area contributed by atoms with Crippen molar-refractivity contribution in [2.24, 2.45) is 5.92 Å². The minimum absolute atomic E-state index is 0.0550. The van der Waals surface area contributed by atoms with Gasteiger partial charge in [-0.1, -0.05) is 12.8 Å². The number of carbonyl (C=O) groups excluding carboxylic acids is 1. The number of nitrogens with zero attached hydrogens (tertiary/aromatic N) is 2. The summed E-state index contributed by atoms with van der Waals surface area (Å²) in [6.45, 7) is 3.96. The van der Waals surface area contributed by atoms with Gasteiger partial charge in [0.2, 0.25) is 5.91 Å². The molecule has 1 N–H and O–H groups in total. The minimum atomic E-state index is 0.0550. The zero-order valence-corrected chi connectivity index (χ0v) is 11.1. The number of likely N-dealkylation sites (N-methyl/N-ethyl adjacent to an activating group) is 1. The summed E-state index contributed by atoms with van der Waals surface area (Å²) < 4.78 is 0. The van der Waals surface area contributed by atoms with Crippen molar-refractivity contribution in [3.8, 4) is 0 Å². The van der Waals surface area contributed by atoms with Gasteiger partial charge in [0.1, 0.15) is 6.04 Å². The summed E-state index contributed by atoms with van der Waals surface area (Å²) in [6, 6.07) is 0.0550. The largest absolute Gasteiger partial charge is 0.347 e. The van der Waals surface area contributed by atoms with Crippen LogP contribution in [0.2, 0.25) is 0 Å². The van der Waals surface area contributed by atoms with Crippen molar-refractivity contribution in [1.29, 1.82) is 0 Å². The molecule has 0 aromatic rings. The molecule has 4 heteroatoms. The third kappa shape index (κ3) is 3.19. The molecule has 17 heavy (non-hydrogen) atoms. The highest BCUT2D eigenvalue weighted by Gasteiger charge is 2.31. The van der Waals surface area contributed by atoms with Crippen LogP contribution in [-0.4, -0.2) is 62.0 Å². The van der Waals surface area contributed by atoms with Crippen LogP contribution in [0.4, 0.5) is 0 Å². The monoisotopic (exact) mass is 239 g/mol. The SMILES string of the molecule is CN(C)C(=O)C1CNCCN1CC1CCCC1. The van der Waals surface area contributed by atoms with Crippen LogP contribution in [0.5, 0.6) is 0 Å². The molecule has 1 aliphatic heterocycles. The summed E-state index contributed by atoms with van der Waals surface area (Å²) >= 11 is 0. The maximum Gasteiger partial charge on any atom is 0.240 e. The molecule has 1 saturated heterocycles. The van der Waals surface area contributed by atoms with Crippen molar-refractivity contribution in [3.63, 3.8) is 0 Å². The maximum absolute atomic E-state index is 12.1. The smallest absolute Gasteiger partial charge is 0.240 e. The zero-order valence-electron chi connectivity index (χ0n) is 11.1. The van der Waals surface area contributed by atoms with Crippen LogP contribution in [0.15, 0.2) is 0 Å². The normalized spacial score (nSPS) is 27.3. The number of piperazine rings is 1. The van der Waals surface area contributed by atoms with Gasteiger partial charge in [-0.3, -0.25) is 9.69 Å². The fourth-order valence-electron chi connectivity index (χ4n) is 3.03. The van der Waals surface area contributed by atoms with Crippen LogP contribution < -0.4 is 5.32 Å². The van der Waals surface area contributed by atoms with Crippen molar-refractivity contribution >= 4 is 5.91 Å². The lowest BCUT2D eigenvalue weighted by Crippen LogP contribution is -2.58. The highest BCUT2D eigenvalue weighted by Crippen LogP contribution is 2.26. The number of hydrogen-bond donors (Lipinski definition) is 1. The Morgan fingerprint density at radius 2 is 2.06 bits per heavy atom. The van der Waals surface area contributed by atoms with E-state index in [1.165, 1.54) is 25.7 Å². The fourth-order valence-corrected chi connectivity index (χ4v) is 3.03. The van der Waals surface area contributed by atoms with Crippen molar-refractivity contribution < 1.29 is 4.79 Å². The van der Waals surface area contributed by atoms with E-state index < -0.39 is 0 Å². The first kappa shape index (κ1) is 12.8. The molecule has 1 atom stereocenters. The van der Waals surface area contributed by atoms with Crippen LogP contribution in [0.3, 0.4) is 0 Å². The molecule has 2 fully saturated rings. The van der Waals surface area contributed by atoms with Gasteiger partial charge >= 0.3 is 0 Å². The van der Waals surface area contributed by atoms with Gasteiger partial charge in [0.05, 0.1) is 0 Å². The average Bonchev–Trinajstić information content (AvgIpc) is 2.81. The molecule has 0 radical (unpaired) electrons. The Hall–Kier alpha value is -0.610. The standard InChI is InChI=1S/C13H25N3O/c1-15(2)13(17)12-9-14-7-8-16(12)10-11-5-3-4-6-11/h11-12,14H,3-10H2,1-2H3. The van der Waals surface area contributed by atoms with Crippen LogP contribution in [-0.2, 0) is 4.79 Å². The third-order valence-electron chi connectivity index (χ3n) is 4.05. The van der Waals surface area contributed by atoms with E-state index in [1.807, 2.05) is 14.1 Å². The predicted octanol–water partition coefficient (Wildman–Crippen LogP) is 0.539. The molecule has 1 amide bonds. The van der Waals surface area contributed by atoms with Gasteiger partial charge in [-0.05, 0) is 18.8 Å². The molecule has 0 aromatic heterocycles. The molecular weight excluding hydrogens is 214 g/mol. The summed E-state index contributed by atoms with van der Waals surface area (Å²) in [7, 11) is 3.70. The van der Waals surface area contributed by atoms with E-state index in [0.29, 0.717) is 0 Å². The Labute approximate surface area is 104 Å². The molecule has 1 saturated carbocycles. The van der Waals surface area contributed by atoms with Crippen molar-refractivity contribution in [1.82, 2.24) is 15.1 Å². The molecule has 4 nitrogen and oxygen atoms in total. The Kier molecular flexibility index (Phi) is 4.40. The summed E-state index contributed by atoms with van der Waals surface area (Å²) in [4.78, 5) is 16.2. The van der Waals surface area contributed by atoms with Gasteiger partial charge < -0.3 is 10.2 Å². The Morgan fingerprint density at radius 1 is 1.35 bits per heavy atom. The molecule has 0 bridgehead atoms. The van der Waals surface area contributed by atoms with E-state index >= 15 is 0 Å². The van der Waals surface area contributed by atoms with E-state index in [4.69, 9.17) is 0 Å². The number of hydrogen-bond acceptors (Lipinski definition) is 3. The molecule has 1 aliphatic carbocycles. The molecule has 2 rings (SSSR count). The summed E-state index contributed by atoms with van der Waals surface area (Å²) in [6.07, 6.45) is 5.46. The molecule has 1 heterocycles. The van der Waals surface area contributed by atoms with Crippen LogP contribution >= 0.6 is 0 Å². The highest BCUT2D eigenvalue weighted by molar-refractivity contribution is 5.81. The summed E-state index contributed by atoms with van der Waals surface area (Å²) in [5, 5.41) is 3.34. The predicted molar refractivity (Wildman–Crippen MR) is 68.9 cm³/mol. The van der Waals surface area contributed by atoms with Gasteiger partial charge in [-0.2, -0.15) is 0 Å². The second-order valence-electron chi connectivity index (χ2n) is 5.60. The quantitative estimate of drug-likeness (QED) is 0.781. The fraction of sp³-hybridized carbons (Fsp3) is 0.923. The van der Waals surface area contributed by atoms with Gasteiger partial charge in [-0.25, -0.2) is 0 Å². The topological polar surface area (TPSA) is 35.6 Å². The lowest BCUT2D eigenvalue weighted by Gasteiger charge is -2.37. The maximum atomic E-state index is 12.1. The highest BCUT2D eigenvalue weighted by atomic mass is 16.2. The van der Waals surface area contributed by atoms with Crippen molar-refractivity contribution in [2.75, 3.05) is 40.3 Å². The van der Waals surface area contributed by atoms with Gasteiger partial charge in [0, 0.05) is 40.3 Å². The lowest BCUT2D eigenvalue weighted by atomic mass is 10.0. The van der Waals surface area contributed by atoms with E-state index in [9.17, 15) is 4.79 Å². The van der Waals surface area contributed by atoms with E-state index in [2.05, 4.69) is 10.2 Å². The van der Waals surface area contributed by atoms with E-state index in [0.717, 1.165) is 32.1 Å². The zero-order chi connectivity index (χ0) is 12.3. The lowest BCUT2D eigenvalue weighted by molar-refractivity contribution is -0.135. The van der Waals surface area contributed by atoms with Crippen molar-refractivity contribution in [2.45, 2.75) is 31.7 Å². The van der Waals surface area contributed by atoms with Gasteiger partial charge in [0.25, 0.3) is 0 Å². The van der Waals surface area contributed by atoms with Gasteiger partial charge in [-0.15, -0.1) is 0 Å². The molecular formula is C13H25N3O. The number of carbonyl (C=O) groups is 1. The third-order valence-corrected chi connectivity index (χ3v) is 4.05. The number of amides is 1. The van der Waals surface area contributed by atoms with Crippen LogP contribution in [0.1, 0.15) is 25.7 Å². The molecule has 1 unspecified atom stereocenters. The Balaban J connectivity index is 1.93. The Bertz CT molecular complexity index is 261. The molecule has 0 spiro atoms. The van der Waals surface area contributed by atoms with Gasteiger partial charge in [0.15, 0.2) is 0 Å². The van der Waals surface area contributed by atoms with Crippen LogP contribution in [0, 0.1) is 5.92 Å².